The molecular weight excluding hydrogens is 1110 g/mol. The fourth-order valence-corrected chi connectivity index (χ4v) is 11.3. The van der Waals surface area contributed by atoms with Crippen LogP contribution in [0.25, 0.3) is 0 Å². The molecule has 2 aromatic heterocycles. The number of hydrogen-bond donors (Lipinski definition) is 6. The van der Waals surface area contributed by atoms with E-state index in [0.29, 0.717) is 49.3 Å². The number of aromatic nitrogens is 3. The molecular formula is C57H109N9O13S3. The summed E-state index contributed by atoms with van der Waals surface area (Å²) in [5.41, 5.74) is 0.710. The second kappa shape index (κ2) is 32.1. The standard InChI is InChI=1S/C14H27NO2.C12H23N3O3S.C12H22N2O3S.C11H20N2O4S.C8H17NO/c1-13(2,3)11-7-9-15(10-8-11)12(16)17-14(4,5)6;1-9-14-11(8-15(9)5)19(17,18)13-7-10(16)6-12(2,3)4;1-9-5-6-11(14-9)18(16,17)13-8-10(15)7-12(2,3)4;1-8-10(7-12-17-8)18(15,16)13-6-9(14)5-11(2,3)4;1-8(2,3)6-7(10)9(4)5/h11H,7-10H2,1-6H3;8,10,13,16H,6-7H2,1-5H3;6,10,13,15H,5,7-8H2,1-4H3;7,9,13-14H,5-6H2,1-4H3;6H2,1-5H3. The number of aliphatic hydroxyl groups excluding tert-OH is 3. The van der Waals surface area contributed by atoms with Gasteiger partial charge in [-0.3, -0.25) is 4.79 Å². The monoisotopic (exact) mass is 1220 g/mol. The van der Waals surface area contributed by atoms with E-state index in [0.717, 1.165) is 37.8 Å². The predicted molar refractivity (Wildman–Crippen MR) is 325 cm³/mol. The maximum absolute atomic E-state index is 12.0. The molecule has 478 valence electrons. The van der Waals surface area contributed by atoms with Crippen LogP contribution in [0.4, 0.5) is 4.79 Å². The van der Waals surface area contributed by atoms with E-state index in [9.17, 15) is 50.2 Å². The molecule has 2 aliphatic rings. The van der Waals surface area contributed by atoms with E-state index in [4.69, 9.17) is 9.26 Å². The number of aliphatic hydroxyl groups is 3. The van der Waals surface area contributed by atoms with Crippen LogP contribution in [0.3, 0.4) is 0 Å². The van der Waals surface area contributed by atoms with Crippen LogP contribution in [-0.4, -0.2) is 154 Å². The summed E-state index contributed by atoms with van der Waals surface area (Å²) in [4.78, 5) is 34.4. The average Bonchev–Trinajstić information content (AvgIpc) is 4.02. The zero-order valence-electron chi connectivity index (χ0n) is 54.4. The summed E-state index contributed by atoms with van der Waals surface area (Å²) in [6.07, 6.45) is 6.84. The molecule has 0 aromatic carbocycles. The summed E-state index contributed by atoms with van der Waals surface area (Å²) >= 11 is 0. The maximum atomic E-state index is 12.0. The highest BCUT2D eigenvalue weighted by Crippen LogP contribution is 2.35. The largest absolute Gasteiger partial charge is 0.444 e. The lowest BCUT2D eigenvalue weighted by Crippen LogP contribution is -2.43. The van der Waals surface area contributed by atoms with Gasteiger partial charge in [0.25, 0.3) is 20.0 Å². The zero-order valence-corrected chi connectivity index (χ0v) is 56.8. The molecule has 2 aliphatic heterocycles. The number of rotatable bonds is 16. The smallest absolute Gasteiger partial charge is 0.410 e. The van der Waals surface area contributed by atoms with Crippen molar-refractivity contribution in [3.8, 4) is 0 Å². The minimum absolute atomic E-state index is 0.00474. The fourth-order valence-electron chi connectivity index (χ4n) is 7.93. The van der Waals surface area contributed by atoms with Crippen LogP contribution in [0.1, 0.15) is 188 Å². The molecule has 4 heterocycles. The van der Waals surface area contributed by atoms with E-state index < -0.39 is 54.0 Å². The van der Waals surface area contributed by atoms with Crippen molar-refractivity contribution in [3.05, 3.63) is 35.1 Å². The number of amides is 2. The molecule has 0 radical (unpaired) electrons. The van der Waals surface area contributed by atoms with Crippen LogP contribution in [0, 0.1) is 46.8 Å². The van der Waals surface area contributed by atoms with Crippen LogP contribution in [0.5, 0.6) is 0 Å². The number of sulfonamides is 3. The highest BCUT2D eigenvalue weighted by molar-refractivity contribution is 7.93. The molecule has 1 saturated heterocycles. The first kappa shape index (κ1) is 78.2. The molecule has 0 saturated carbocycles. The van der Waals surface area contributed by atoms with Gasteiger partial charge in [0.1, 0.15) is 16.3 Å². The number of aryl methyl sites for hydroxylation is 3. The van der Waals surface area contributed by atoms with E-state index in [1.54, 1.807) is 50.5 Å². The van der Waals surface area contributed by atoms with Crippen molar-refractivity contribution in [2.45, 2.75) is 224 Å². The van der Waals surface area contributed by atoms with E-state index >= 15 is 0 Å². The van der Waals surface area contributed by atoms with Gasteiger partial charge in [0.05, 0.1) is 24.5 Å². The molecule has 82 heavy (non-hydrogen) atoms. The molecule has 1 fully saturated rings. The summed E-state index contributed by atoms with van der Waals surface area (Å²) in [5.74, 6) is 1.76. The van der Waals surface area contributed by atoms with Gasteiger partial charge >= 0.3 is 6.09 Å². The van der Waals surface area contributed by atoms with Crippen molar-refractivity contribution in [3.63, 3.8) is 0 Å². The van der Waals surface area contributed by atoms with Gasteiger partial charge < -0.3 is 38.9 Å². The molecule has 25 heteroatoms. The van der Waals surface area contributed by atoms with E-state index in [2.05, 4.69) is 70.8 Å². The quantitative estimate of drug-likeness (QED) is 0.0918. The van der Waals surface area contributed by atoms with Gasteiger partial charge in [-0.1, -0.05) is 109 Å². The SMILES string of the molecule is CC(C)(C)OC(=O)N1CCC(C(C)(C)C)CC1.CC1=NC(S(=O)(=O)NCC(O)CC(C)(C)C)=CC1.CN(C)C(=O)CC(C)(C)C.Cc1nc(S(=O)(=O)NCC(O)CC(C)(C)C)cn1C.Cc1oncc1S(=O)(=O)NCC(O)CC(C)(C)C. The normalized spacial score (nSPS) is 16.1. The molecule has 0 aliphatic carbocycles. The Kier molecular flexibility index (Phi) is 30.6. The van der Waals surface area contributed by atoms with Crippen molar-refractivity contribution in [2.24, 2.45) is 45.0 Å². The van der Waals surface area contributed by atoms with Gasteiger partial charge in [0, 0.05) is 78.6 Å². The first-order chi connectivity index (χ1) is 36.6. The summed E-state index contributed by atoms with van der Waals surface area (Å²) in [5, 5.41) is 32.8. The molecule has 6 N–H and O–H groups in total. The van der Waals surface area contributed by atoms with Gasteiger partial charge in [-0.2, -0.15) is 0 Å². The van der Waals surface area contributed by atoms with E-state index in [-0.39, 0.29) is 74.0 Å². The van der Waals surface area contributed by atoms with Gasteiger partial charge in [-0.15, -0.1) is 0 Å². The van der Waals surface area contributed by atoms with E-state index in [1.807, 2.05) is 88.0 Å². The number of allylic oxidation sites excluding steroid dienone is 1. The summed E-state index contributed by atoms with van der Waals surface area (Å²) < 4.78 is 90.2. The molecule has 0 bridgehead atoms. The minimum atomic E-state index is -3.66. The molecule has 4 rings (SSSR count). The Morgan fingerprint density at radius 3 is 1.43 bits per heavy atom. The number of hydrogen-bond acceptors (Lipinski definition) is 16. The van der Waals surface area contributed by atoms with Crippen molar-refractivity contribution >= 4 is 47.8 Å². The number of nitrogens with one attached hydrogen (secondary N) is 3. The van der Waals surface area contributed by atoms with Crippen LogP contribution in [0.15, 0.2) is 42.9 Å². The predicted octanol–water partition coefficient (Wildman–Crippen LogP) is 8.46. The minimum Gasteiger partial charge on any atom is -0.444 e. The number of nitrogens with zero attached hydrogens (tertiary/aromatic N) is 6. The Bertz CT molecular complexity index is 2670. The number of imidazole rings is 1. The third kappa shape index (κ3) is 34.2. The van der Waals surface area contributed by atoms with Gasteiger partial charge in [0.15, 0.2) is 15.8 Å². The third-order valence-electron chi connectivity index (χ3n) is 12.1. The number of likely N-dealkylation sites (tertiary alicyclic amines) is 1. The van der Waals surface area contributed by atoms with Crippen molar-refractivity contribution in [1.29, 1.82) is 0 Å². The first-order valence-corrected chi connectivity index (χ1v) is 32.5. The number of carbonyl (C=O) groups excluding carboxylic acids is 2. The lowest BCUT2D eigenvalue weighted by molar-refractivity contribution is -0.130. The zero-order chi connectivity index (χ0) is 64.4. The van der Waals surface area contributed by atoms with Gasteiger partial charge in [0.2, 0.25) is 15.9 Å². The van der Waals surface area contributed by atoms with Crippen LogP contribution in [0.2, 0.25) is 0 Å². The van der Waals surface area contributed by atoms with E-state index in [1.165, 1.54) is 13.1 Å². The van der Waals surface area contributed by atoms with Crippen molar-refractivity contribution < 1.29 is 59.4 Å². The highest BCUT2D eigenvalue weighted by atomic mass is 32.2. The summed E-state index contributed by atoms with van der Waals surface area (Å²) in [6, 6.07) is 0. The van der Waals surface area contributed by atoms with Crippen LogP contribution >= 0.6 is 0 Å². The molecule has 2 amide bonds. The average molecular weight is 1220 g/mol. The number of aliphatic imine (C=N–C) groups is 1. The molecule has 22 nitrogen and oxygen atoms in total. The Balaban J connectivity index is 0.00000101. The van der Waals surface area contributed by atoms with Crippen LogP contribution in [-0.2, 0) is 46.6 Å². The Labute approximate surface area is 494 Å². The lowest BCUT2D eigenvalue weighted by Gasteiger charge is -2.39. The topological polar surface area (TPSA) is 305 Å². The lowest BCUT2D eigenvalue weighted by atomic mass is 9.75. The molecule has 3 atom stereocenters. The number of ether oxygens (including phenoxy) is 1. The van der Waals surface area contributed by atoms with Crippen LogP contribution < -0.4 is 14.2 Å². The third-order valence-corrected chi connectivity index (χ3v) is 16.3. The number of piperidine rings is 1. The van der Waals surface area contributed by atoms with Crippen molar-refractivity contribution in [1.82, 2.24) is 38.7 Å². The second-order valence-electron chi connectivity index (χ2n) is 28.5. The molecule has 3 unspecified atom stereocenters. The van der Waals surface area contributed by atoms with Gasteiger partial charge in [-0.25, -0.2) is 54.2 Å². The summed E-state index contributed by atoms with van der Waals surface area (Å²) in [6.45, 7) is 43.4. The Hall–Kier alpha value is -3.82. The van der Waals surface area contributed by atoms with Crippen molar-refractivity contribution in [2.75, 3.05) is 46.8 Å². The molecule has 2 aromatic rings. The second-order valence-corrected chi connectivity index (χ2v) is 33.7. The van der Waals surface area contributed by atoms with Gasteiger partial charge in [-0.05, 0) is 113 Å². The Morgan fingerprint density at radius 2 is 1.12 bits per heavy atom. The summed E-state index contributed by atoms with van der Waals surface area (Å²) in [7, 11) is -5.60. The number of carbonyl (C=O) groups is 2. The maximum Gasteiger partial charge on any atom is 0.410 e. The molecule has 0 spiro atoms. The Morgan fingerprint density at radius 1 is 0.695 bits per heavy atom. The highest BCUT2D eigenvalue weighted by Gasteiger charge is 2.33. The fraction of sp³-hybridized carbons (Fsp3) is 0.807. The first-order valence-electron chi connectivity index (χ1n) is 28.0.